The van der Waals surface area contributed by atoms with Crippen molar-refractivity contribution in [1.82, 2.24) is 4.72 Å². The Morgan fingerprint density at radius 2 is 2.00 bits per heavy atom. The second-order valence-electron chi connectivity index (χ2n) is 3.76. The maximum Gasteiger partial charge on any atom is 0.340 e. The maximum atomic E-state index is 12.0. The van der Waals surface area contributed by atoms with Crippen LogP contribution in [-0.4, -0.2) is 32.6 Å². The molecule has 0 radical (unpaired) electrons. The van der Waals surface area contributed by atoms with Crippen molar-refractivity contribution in [2.24, 2.45) is 5.73 Å². The Kier molecular flexibility index (Phi) is 4.49. The Bertz CT molecular complexity index is 547. The van der Waals surface area contributed by atoms with Crippen molar-refractivity contribution in [3.05, 3.63) is 17.1 Å². The van der Waals surface area contributed by atoms with Crippen molar-refractivity contribution in [2.75, 3.05) is 13.1 Å². The van der Waals surface area contributed by atoms with Crippen molar-refractivity contribution >= 4 is 16.0 Å². The molecule has 0 bridgehead atoms. The monoisotopic (exact) mass is 276 g/mol. The second-order valence-corrected chi connectivity index (χ2v) is 5.47. The number of aryl methyl sites for hydroxylation is 2. The van der Waals surface area contributed by atoms with E-state index >= 15 is 0 Å². The van der Waals surface area contributed by atoms with Crippen LogP contribution in [-0.2, 0) is 10.0 Å². The molecule has 0 saturated heterocycles. The van der Waals surface area contributed by atoms with Crippen molar-refractivity contribution in [1.29, 1.82) is 0 Å². The first-order valence-corrected chi connectivity index (χ1v) is 6.82. The van der Waals surface area contributed by atoms with Crippen LogP contribution in [0.1, 0.15) is 28.3 Å². The Morgan fingerprint density at radius 3 is 2.50 bits per heavy atom. The lowest BCUT2D eigenvalue weighted by Gasteiger charge is -2.06. The first-order chi connectivity index (χ1) is 8.31. The summed E-state index contributed by atoms with van der Waals surface area (Å²) in [7, 11) is -3.90. The summed E-state index contributed by atoms with van der Waals surface area (Å²) in [6.45, 7) is 3.32. The first-order valence-electron chi connectivity index (χ1n) is 5.34. The SMILES string of the molecule is Cc1oc(C)c(S(=O)(=O)NCCCN)c1C(=O)O. The molecule has 1 rings (SSSR count). The van der Waals surface area contributed by atoms with Gasteiger partial charge >= 0.3 is 5.97 Å². The number of nitrogens with two attached hydrogens (primary N) is 1. The first kappa shape index (κ1) is 14.7. The largest absolute Gasteiger partial charge is 0.478 e. The lowest BCUT2D eigenvalue weighted by molar-refractivity contribution is 0.0691. The molecule has 0 aliphatic carbocycles. The third kappa shape index (κ3) is 2.89. The molecule has 0 amide bonds. The van der Waals surface area contributed by atoms with Crippen LogP contribution in [0.5, 0.6) is 0 Å². The van der Waals surface area contributed by atoms with Gasteiger partial charge in [0.05, 0.1) is 0 Å². The van der Waals surface area contributed by atoms with Gasteiger partial charge in [-0.1, -0.05) is 0 Å². The van der Waals surface area contributed by atoms with Gasteiger partial charge in [0.25, 0.3) is 0 Å². The molecule has 0 aliphatic heterocycles. The van der Waals surface area contributed by atoms with Crippen LogP contribution >= 0.6 is 0 Å². The number of furan rings is 1. The van der Waals surface area contributed by atoms with E-state index in [0.29, 0.717) is 13.0 Å². The topological polar surface area (TPSA) is 123 Å². The highest BCUT2D eigenvalue weighted by atomic mass is 32.2. The van der Waals surface area contributed by atoms with Crippen LogP contribution in [0.2, 0.25) is 0 Å². The Hall–Kier alpha value is -1.38. The fraction of sp³-hybridized carbons (Fsp3) is 0.500. The molecule has 0 atom stereocenters. The Morgan fingerprint density at radius 1 is 1.39 bits per heavy atom. The summed E-state index contributed by atoms with van der Waals surface area (Å²) < 4.78 is 31.4. The van der Waals surface area contributed by atoms with Crippen LogP contribution < -0.4 is 10.5 Å². The molecule has 4 N–H and O–H groups in total. The zero-order valence-electron chi connectivity index (χ0n) is 10.2. The molecular formula is C10H16N2O5S. The molecule has 0 spiro atoms. The van der Waals surface area contributed by atoms with Crippen LogP contribution in [0.3, 0.4) is 0 Å². The number of nitrogens with one attached hydrogen (secondary N) is 1. The molecule has 0 saturated carbocycles. The minimum absolute atomic E-state index is 0.0603. The molecular weight excluding hydrogens is 260 g/mol. The summed E-state index contributed by atoms with van der Waals surface area (Å²) in [5, 5.41) is 9.02. The van der Waals surface area contributed by atoms with Gasteiger partial charge in [0.15, 0.2) is 0 Å². The Labute approximate surface area is 105 Å². The van der Waals surface area contributed by atoms with E-state index in [0.717, 1.165) is 0 Å². The highest BCUT2D eigenvalue weighted by molar-refractivity contribution is 7.89. The molecule has 0 aliphatic rings. The van der Waals surface area contributed by atoms with E-state index in [1.807, 2.05) is 0 Å². The molecule has 1 heterocycles. The third-order valence-corrected chi connectivity index (χ3v) is 3.97. The van der Waals surface area contributed by atoms with Crippen molar-refractivity contribution < 1.29 is 22.7 Å². The number of rotatable bonds is 6. The zero-order valence-corrected chi connectivity index (χ0v) is 11.0. The average molecular weight is 276 g/mol. The molecule has 18 heavy (non-hydrogen) atoms. The summed E-state index contributed by atoms with van der Waals surface area (Å²) in [5.74, 6) is -1.20. The highest BCUT2D eigenvalue weighted by Gasteiger charge is 2.30. The minimum atomic E-state index is -3.90. The van der Waals surface area contributed by atoms with Gasteiger partial charge in [-0.2, -0.15) is 0 Å². The number of sulfonamides is 1. The average Bonchev–Trinajstić information content (AvgIpc) is 2.54. The maximum absolute atomic E-state index is 12.0. The van der Waals surface area contributed by atoms with Gasteiger partial charge in [-0.15, -0.1) is 0 Å². The summed E-state index contributed by atoms with van der Waals surface area (Å²) in [5.41, 5.74) is 4.94. The van der Waals surface area contributed by atoms with Crippen LogP contribution in [0, 0.1) is 13.8 Å². The smallest absolute Gasteiger partial charge is 0.340 e. The molecule has 0 unspecified atom stereocenters. The van der Waals surface area contributed by atoms with Gasteiger partial charge in [-0.05, 0) is 26.8 Å². The lowest BCUT2D eigenvalue weighted by Crippen LogP contribution is -2.27. The summed E-state index contributed by atoms with van der Waals surface area (Å²) in [4.78, 5) is 10.7. The molecule has 1 aromatic rings. The van der Waals surface area contributed by atoms with Gasteiger partial charge in [0, 0.05) is 6.54 Å². The van der Waals surface area contributed by atoms with Gasteiger partial charge in [0.2, 0.25) is 10.0 Å². The number of aromatic carboxylic acids is 1. The molecule has 8 heteroatoms. The van der Waals surface area contributed by atoms with E-state index < -0.39 is 16.0 Å². The fourth-order valence-corrected chi connectivity index (χ4v) is 3.09. The molecule has 7 nitrogen and oxygen atoms in total. The predicted molar refractivity (Wildman–Crippen MR) is 64.0 cm³/mol. The summed E-state index contributed by atoms with van der Waals surface area (Å²) in [6.07, 6.45) is 0.470. The van der Waals surface area contributed by atoms with Gasteiger partial charge in [0.1, 0.15) is 22.0 Å². The van der Waals surface area contributed by atoms with E-state index in [1.54, 1.807) is 0 Å². The number of hydrogen-bond donors (Lipinski definition) is 3. The van der Waals surface area contributed by atoms with E-state index in [2.05, 4.69) is 4.72 Å². The van der Waals surface area contributed by atoms with Crippen molar-refractivity contribution in [3.8, 4) is 0 Å². The number of carbonyl (C=O) groups is 1. The third-order valence-electron chi connectivity index (χ3n) is 2.36. The molecule has 0 aromatic carbocycles. The molecule has 102 valence electrons. The normalized spacial score (nSPS) is 11.7. The van der Waals surface area contributed by atoms with E-state index in [4.69, 9.17) is 15.3 Å². The van der Waals surface area contributed by atoms with E-state index in [1.165, 1.54) is 13.8 Å². The summed E-state index contributed by atoms with van der Waals surface area (Å²) >= 11 is 0. The van der Waals surface area contributed by atoms with Gasteiger partial charge < -0.3 is 15.3 Å². The van der Waals surface area contributed by atoms with E-state index in [-0.39, 0.29) is 28.5 Å². The van der Waals surface area contributed by atoms with Gasteiger partial charge in [-0.25, -0.2) is 17.9 Å². The van der Waals surface area contributed by atoms with E-state index in [9.17, 15) is 13.2 Å². The highest BCUT2D eigenvalue weighted by Crippen LogP contribution is 2.26. The predicted octanol–water partition coefficient (Wildman–Crippen LogP) is 0.222. The molecule has 0 fully saturated rings. The Balaban J connectivity index is 3.20. The zero-order chi connectivity index (χ0) is 13.9. The number of carboxylic acid groups (broad SMARTS) is 1. The van der Waals surface area contributed by atoms with Crippen molar-refractivity contribution in [3.63, 3.8) is 0 Å². The van der Waals surface area contributed by atoms with Crippen LogP contribution in [0.4, 0.5) is 0 Å². The fourth-order valence-electron chi connectivity index (χ4n) is 1.61. The summed E-state index contributed by atoms with van der Waals surface area (Å²) in [6, 6.07) is 0. The van der Waals surface area contributed by atoms with Crippen molar-refractivity contribution in [2.45, 2.75) is 25.2 Å². The van der Waals surface area contributed by atoms with Crippen LogP contribution in [0.15, 0.2) is 9.31 Å². The lowest BCUT2D eigenvalue weighted by atomic mass is 10.2. The van der Waals surface area contributed by atoms with Gasteiger partial charge in [-0.3, -0.25) is 0 Å². The number of hydrogen-bond acceptors (Lipinski definition) is 5. The standard InChI is InChI=1S/C10H16N2O5S/c1-6-8(10(13)14)9(7(2)17-6)18(15,16)12-5-3-4-11/h12H,3-5,11H2,1-2H3,(H,13,14). The second kappa shape index (κ2) is 5.51. The van der Waals surface area contributed by atoms with Crippen LogP contribution in [0.25, 0.3) is 0 Å². The number of carboxylic acids is 1. The quantitative estimate of drug-likeness (QED) is 0.639. The minimum Gasteiger partial charge on any atom is -0.478 e. The molecule has 1 aromatic heterocycles.